The van der Waals surface area contributed by atoms with Gasteiger partial charge >= 0.3 is 0 Å². The molecule has 2 aliphatic heterocycles. The lowest BCUT2D eigenvalue weighted by Crippen LogP contribution is -2.46. The van der Waals surface area contributed by atoms with Crippen LogP contribution in [-0.2, 0) is 17.6 Å². The van der Waals surface area contributed by atoms with Crippen LogP contribution < -0.4 is 9.80 Å². The van der Waals surface area contributed by atoms with E-state index in [2.05, 4.69) is 41.3 Å². The Balaban J connectivity index is 1.60. The molecule has 0 saturated carbocycles. The van der Waals surface area contributed by atoms with E-state index in [0.717, 1.165) is 31.6 Å². The van der Waals surface area contributed by atoms with Crippen molar-refractivity contribution < 1.29 is 4.79 Å². The van der Waals surface area contributed by atoms with Crippen LogP contribution >= 0.6 is 0 Å². The van der Waals surface area contributed by atoms with Gasteiger partial charge in [0.05, 0.1) is 0 Å². The van der Waals surface area contributed by atoms with Crippen molar-refractivity contribution in [1.29, 1.82) is 0 Å². The number of rotatable bonds is 2. The summed E-state index contributed by atoms with van der Waals surface area (Å²) in [6, 6.07) is 16.6. The Kier molecular flexibility index (Phi) is 3.14. The molecule has 1 amide bonds. The molecule has 0 bridgehead atoms. The minimum Gasteiger partial charge on any atom is -0.359 e. The van der Waals surface area contributed by atoms with E-state index in [1.807, 2.05) is 24.0 Å². The van der Waals surface area contributed by atoms with E-state index < -0.39 is 0 Å². The van der Waals surface area contributed by atoms with Gasteiger partial charge in [0, 0.05) is 24.5 Å². The standard InChI is InChI=1S/C19H20N2O/c1-14(20-12-10-15-6-2-4-8-17(15)20)19(22)21-13-11-16-7-3-5-9-18(16)21/h2-9,14H,10-13H2,1H3/t14-/m1/s1. The largest absolute Gasteiger partial charge is 0.359 e. The third-order valence-electron chi connectivity index (χ3n) is 4.90. The first-order chi connectivity index (χ1) is 10.8. The molecule has 1 atom stereocenters. The highest BCUT2D eigenvalue weighted by molar-refractivity contribution is 6.00. The van der Waals surface area contributed by atoms with Gasteiger partial charge in [-0.25, -0.2) is 0 Å². The minimum absolute atomic E-state index is 0.116. The number of para-hydroxylation sites is 2. The first-order valence-corrected chi connectivity index (χ1v) is 7.99. The molecule has 0 unspecified atom stereocenters. The normalized spacial score (nSPS) is 17.3. The zero-order valence-corrected chi connectivity index (χ0v) is 12.8. The second-order valence-electron chi connectivity index (χ2n) is 6.12. The van der Waals surface area contributed by atoms with Gasteiger partial charge in [0.2, 0.25) is 5.91 Å². The van der Waals surface area contributed by atoms with E-state index in [1.54, 1.807) is 0 Å². The highest BCUT2D eigenvalue weighted by atomic mass is 16.2. The van der Waals surface area contributed by atoms with Gasteiger partial charge in [0.25, 0.3) is 0 Å². The monoisotopic (exact) mass is 292 g/mol. The van der Waals surface area contributed by atoms with Gasteiger partial charge in [-0.3, -0.25) is 4.79 Å². The molecular weight excluding hydrogens is 272 g/mol. The van der Waals surface area contributed by atoms with Gasteiger partial charge in [-0.1, -0.05) is 36.4 Å². The van der Waals surface area contributed by atoms with Gasteiger partial charge in [-0.2, -0.15) is 0 Å². The summed E-state index contributed by atoms with van der Waals surface area (Å²) in [5, 5.41) is 0. The van der Waals surface area contributed by atoms with E-state index in [0.29, 0.717) is 0 Å². The van der Waals surface area contributed by atoms with Crippen LogP contribution in [0, 0.1) is 0 Å². The highest BCUT2D eigenvalue weighted by Gasteiger charge is 2.33. The van der Waals surface area contributed by atoms with Gasteiger partial charge in [0.1, 0.15) is 6.04 Å². The Hall–Kier alpha value is -2.29. The second kappa shape index (κ2) is 5.16. The SMILES string of the molecule is C[C@H](C(=O)N1CCc2ccccc21)N1CCc2ccccc21. The van der Waals surface area contributed by atoms with Gasteiger partial charge in [-0.05, 0) is 43.0 Å². The summed E-state index contributed by atoms with van der Waals surface area (Å²) < 4.78 is 0. The summed E-state index contributed by atoms with van der Waals surface area (Å²) in [6.45, 7) is 3.77. The van der Waals surface area contributed by atoms with Crippen molar-refractivity contribution in [3.63, 3.8) is 0 Å². The topological polar surface area (TPSA) is 23.6 Å². The smallest absolute Gasteiger partial charge is 0.249 e. The Morgan fingerprint density at radius 3 is 2.27 bits per heavy atom. The fourth-order valence-corrected chi connectivity index (χ4v) is 3.69. The summed E-state index contributed by atoms with van der Waals surface area (Å²) in [6.07, 6.45) is 2.00. The number of hydrogen-bond donors (Lipinski definition) is 0. The number of hydrogen-bond acceptors (Lipinski definition) is 2. The maximum atomic E-state index is 13.0. The van der Waals surface area contributed by atoms with E-state index >= 15 is 0 Å². The molecule has 4 rings (SSSR count). The van der Waals surface area contributed by atoms with E-state index in [1.165, 1.54) is 16.8 Å². The van der Waals surface area contributed by atoms with Crippen LogP contribution in [0.15, 0.2) is 48.5 Å². The molecule has 0 fully saturated rings. The molecule has 3 nitrogen and oxygen atoms in total. The molecule has 2 aliphatic rings. The summed E-state index contributed by atoms with van der Waals surface area (Å²) >= 11 is 0. The number of anilines is 2. The van der Waals surface area contributed by atoms with Gasteiger partial charge in [0.15, 0.2) is 0 Å². The predicted molar refractivity (Wildman–Crippen MR) is 89.5 cm³/mol. The first-order valence-electron chi connectivity index (χ1n) is 7.99. The van der Waals surface area contributed by atoms with Gasteiger partial charge < -0.3 is 9.80 Å². The van der Waals surface area contributed by atoms with E-state index in [9.17, 15) is 4.79 Å². The molecule has 0 aromatic heterocycles. The van der Waals surface area contributed by atoms with Crippen molar-refractivity contribution in [1.82, 2.24) is 0 Å². The lowest BCUT2D eigenvalue weighted by atomic mass is 10.1. The van der Waals surface area contributed by atoms with Crippen molar-refractivity contribution in [2.24, 2.45) is 0 Å². The average molecular weight is 292 g/mol. The maximum Gasteiger partial charge on any atom is 0.249 e. The maximum absolute atomic E-state index is 13.0. The third kappa shape index (κ3) is 2.00. The highest BCUT2D eigenvalue weighted by Crippen LogP contribution is 2.32. The molecule has 0 radical (unpaired) electrons. The van der Waals surface area contributed by atoms with Crippen LogP contribution in [0.25, 0.3) is 0 Å². The van der Waals surface area contributed by atoms with Crippen molar-refractivity contribution >= 4 is 17.3 Å². The Labute approximate surface area is 131 Å². The van der Waals surface area contributed by atoms with E-state index in [-0.39, 0.29) is 11.9 Å². The van der Waals surface area contributed by atoms with Crippen molar-refractivity contribution in [2.75, 3.05) is 22.9 Å². The number of fused-ring (bicyclic) bond motifs is 2. The zero-order valence-electron chi connectivity index (χ0n) is 12.8. The summed E-state index contributed by atoms with van der Waals surface area (Å²) in [5.74, 6) is 0.210. The third-order valence-corrected chi connectivity index (χ3v) is 4.90. The molecule has 0 spiro atoms. The van der Waals surface area contributed by atoms with Crippen LogP contribution in [0.5, 0.6) is 0 Å². The zero-order chi connectivity index (χ0) is 15.1. The molecular formula is C19H20N2O. The molecule has 22 heavy (non-hydrogen) atoms. The van der Waals surface area contributed by atoms with E-state index in [4.69, 9.17) is 0 Å². The number of carbonyl (C=O) groups excluding carboxylic acids is 1. The first kappa shape index (κ1) is 13.4. The number of carbonyl (C=O) groups is 1. The fraction of sp³-hybridized carbons (Fsp3) is 0.316. The molecule has 3 heteroatoms. The molecule has 2 aromatic carbocycles. The van der Waals surface area contributed by atoms with Crippen LogP contribution in [0.2, 0.25) is 0 Å². The lowest BCUT2D eigenvalue weighted by molar-refractivity contribution is -0.119. The quantitative estimate of drug-likeness (QED) is 0.849. The van der Waals surface area contributed by atoms with Crippen molar-refractivity contribution in [2.45, 2.75) is 25.8 Å². The fourth-order valence-electron chi connectivity index (χ4n) is 3.69. The summed E-state index contributed by atoms with van der Waals surface area (Å²) in [4.78, 5) is 17.2. The Morgan fingerprint density at radius 2 is 1.50 bits per heavy atom. The Morgan fingerprint density at radius 1 is 0.909 bits per heavy atom. The van der Waals surface area contributed by atoms with Gasteiger partial charge in [-0.15, -0.1) is 0 Å². The molecule has 0 N–H and O–H groups in total. The van der Waals surface area contributed by atoms with Crippen LogP contribution in [0.4, 0.5) is 11.4 Å². The number of amides is 1. The van der Waals surface area contributed by atoms with Crippen molar-refractivity contribution in [3.05, 3.63) is 59.7 Å². The molecule has 0 aliphatic carbocycles. The average Bonchev–Trinajstić information content (AvgIpc) is 3.17. The summed E-state index contributed by atoms with van der Waals surface area (Å²) in [7, 11) is 0. The lowest BCUT2D eigenvalue weighted by Gasteiger charge is -2.30. The number of nitrogens with zero attached hydrogens (tertiary/aromatic N) is 2. The number of benzene rings is 2. The molecule has 112 valence electrons. The second-order valence-corrected chi connectivity index (χ2v) is 6.12. The van der Waals surface area contributed by atoms with Crippen molar-refractivity contribution in [3.8, 4) is 0 Å². The predicted octanol–water partition coefficient (Wildman–Crippen LogP) is 3.03. The molecule has 0 saturated heterocycles. The Bertz CT molecular complexity index is 725. The molecule has 2 aromatic rings. The molecule has 2 heterocycles. The van der Waals surface area contributed by atoms with Crippen LogP contribution in [0.1, 0.15) is 18.1 Å². The van der Waals surface area contributed by atoms with Crippen LogP contribution in [-0.4, -0.2) is 25.0 Å². The summed E-state index contributed by atoms with van der Waals surface area (Å²) in [5.41, 5.74) is 4.94. The minimum atomic E-state index is -0.116. The van der Waals surface area contributed by atoms with Crippen LogP contribution in [0.3, 0.4) is 0 Å².